The van der Waals surface area contributed by atoms with Gasteiger partial charge in [-0.25, -0.2) is 0 Å². The van der Waals surface area contributed by atoms with Gasteiger partial charge in [0.2, 0.25) is 0 Å². The first-order valence-corrected chi connectivity index (χ1v) is 11.4. The van der Waals surface area contributed by atoms with Gasteiger partial charge in [0, 0.05) is 18.8 Å². The molecule has 0 aromatic rings. The third-order valence-corrected chi connectivity index (χ3v) is 9.72. The molecular weight excluding hydrogens is 352 g/mol. The van der Waals surface area contributed by atoms with E-state index < -0.39 is 0 Å². The van der Waals surface area contributed by atoms with Crippen molar-refractivity contribution < 1.29 is 19.1 Å². The molecular formula is C24H34O4. The fraction of sp³-hybridized carbons (Fsp3) is 0.833. The Morgan fingerprint density at radius 3 is 2.54 bits per heavy atom. The van der Waals surface area contributed by atoms with Gasteiger partial charge < -0.3 is 9.47 Å². The summed E-state index contributed by atoms with van der Waals surface area (Å²) in [5, 5.41) is 0. The molecule has 0 unspecified atom stereocenters. The molecule has 1 aliphatic heterocycles. The molecule has 5 aliphatic rings. The zero-order valence-corrected chi connectivity index (χ0v) is 17.6. The maximum atomic E-state index is 12.0. The molecule has 1 spiro atoms. The van der Waals surface area contributed by atoms with Gasteiger partial charge in [-0.15, -0.1) is 0 Å². The zero-order chi connectivity index (χ0) is 19.7. The van der Waals surface area contributed by atoms with Crippen LogP contribution in [0.2, 0.25) is 0 Å². The summed E-state index contributed by atoms with van der Waals surface area (Å²) in [7, 11) is 0. The molecule has 0 amide bonds. The van der Waals surface area contributed by atoms with E-state index in [1.807, 2.05) is 0 Å². The largest absolute Gasteiger partial charge is 0.458 e. The van der Waals surface area contributed by atoms with Crippen molar-refractivity contribution in [2.45, 2.75) is 96.7 Å². The maximum absolute atomic E-state index is 12.0. The van der Waals surface area contributed by atoms with E-state index in [1.165, 1.54) is 38.2 Å². The monoisotopic (exact) mass is 386 g/mol. The summed E-state index contributed by atoms with van der Waals surface area (Å²) in [4.78, 5) is 23.4. The number of carbonyl (C=O) groups excluding carboxylic acids is 2. The third-order valence-electron chi connectivity index (χ3n) is 9.72. The summed E-state index contributed by atoms with van der Waals surface area (Å²) in [6.07, 6.45) is 13.0. The highest BCUT2D eigenvalue weighted by atomic mass is 16.6. The van der Waals surface area contributed by atoms with Crippen LogP contribution < -0.4 is 0 Å². The van der Waals surface area contributed by atoms with Gasteiger partial charge in [-0.2, -0.15) is 0 Å². The van der Waals surface area contributed by atoms with Crippen LogP contribution in [0.5, 0.6) is 0 Å². The first-order chi connectivity index (χ1) is 13.3. The number of rotatable bonds is 1. The number of hydrogen-bond acceptors (Lipinski definition) is 4. The Morgan fingerprint density at radius 1 is 1.04 bits per heavy atom. The van der Waals surface area contributed by atoms with Gasteiger partial charge in [0.15, 0.2) is 0 Å². The predicted molar refractivity (Wildman–Crippen MR) is 105 cm³/mol. The van der Waals surface area contributed by atoms with Crippen LogP contribution in [0.1, 0.15) is 85.0 Å². The Bertz CT molecular complexity index is 741. The van der Waals surface area contributed by atoms with Crippen LogP contribution in [0.4, 0.5) is 0 Å². The molecule has 154 valence electrons. The molecule has 28 heavy (non-hydrogen) atoms. The third kappa shape index (κ3) is 2.42. The molecule has 0 aromatic heterocycles. The van der Waals surface area contributed by atoms with Gasteiger partial charge in [0.05, 0.1) is 0 Å². The van der Waals surface area contributed by atoms with Crippen LogP contribution in [-0.2, 0) is 19.1 Å². The molecule has 5 rings (SSSR count). The number of ether oxygens (including phenoxy) is 2. The van der Waals surface area contributed by atoms with Gasteiger partial charge in [-0.1, -0.05) is 19.4 Å². The minimum atomic E-state index is -0.177. The van der Waals surface area contributed by atoms with Crippen molar-refractivity contribution in [3.05, 3.63) is 11.6 Å². The first kappa shape index (κ1) is 18.7. The summed E-state index contributed by atoms with van der Waals surface area (Å²) < 4.78 is 11.6. The quantitative estimate of drug-likeness (QED) is 0.472. The van der Waals surface area contributed by atoms with Crippen molar-refractivity contribution in [1.29, 1.82) is 0 Å². The van der Waals surface area contributed by atoms with E-state index in [-0.39, 0.29) is 34.5 Å². The van der Waals surface area contributed by atoms with E-state index in [9.17, 15) is 9.59 Å². The normalized spacial score (nSPS) is 49.7. The van der Waals surface area contributed by atoms with Gasteiger partial charge in [-0.05, 0) is 87.0 Å². The highest BCUT2D eigenvalue weighted by molar-refractivity contribution is 5.72. The fourth-order valence-electron chi connectivity index (χ4n) is 8.30. The smallest absolute Gasteiger partial charge is 0.306 e. The van der Waals surface area contributed by atoms with Gasteiger partial charge in [-0.3, -0.25) is 9.59 Å². The highest BCUT2D eigenvalue weighted by Gasteiger charge is 2.67. The minimum Gasteiger partial charge on any atom is -0.458 e. The molecule has 1 heterocycles. The second-order valence-electron chi connectivity index (χ2n) is 10.7. The van der Waals surface area contributed by atoms with Crippen LogP contribution in [0.15, 0.2) is 11.6 Å². The van der Waals surface area contributed by atoms with Crippen molar-refractivity contribution in [2.75, 3.05) is 0 Å². The summed E-state index contributed by atoms with van der Waals surface area (Å²) in [5.74, 6) is 1.99. The number of hydrogen-bond donors (Lipinski definition) is 0. The van der Waals surface area contributed by atoms with Gasteiger partial charge in [0.1, 0.15) is 11.7 Å². The molecule has 0 radical (unpaired) electrons. The Kier molecular flexibility index (Phi) is 4.07. The number of fused-ring (bicyclic) bond motifs is 6. The first-order valence-electron chi connectivity index (χ1n) is 11.4. The van der Waals surface area contributed by atoms with Gasteiger partial charge >= 0.3 is 11.9 Å². The fourth-order valence-corrected chi connectivity index (χ4v) is 8.30. The Hall–Kier alpha value is -1.32. The van der Waals surface area contributed by atoms with Crippen LogP contribution in [0, 0.1) is 28.6 Å². The minimum absolute atomic E-state index is 0.0219. The Morgan fingerprint density at radius 2 is 1.82 bits per heavy atom. The number of allylic oxidation sites excluding steroid dienone is 1. The number of carbonyl (C=O) groups is 2. The van der Waals surface area contributed by atoms with Gasteiger partial charge in [0.25, 0.3) is 0 Å². The van der Waals surface area contributed by atoms with Crippen molar-refractivity contribution in [2.24, 2.45) is 28.6 Å². The van der Waals surface area contributed by atoms with Crippen LogP contribution in [-0.4, -0.2) is 23.6 Å². The molecule has 4 fully saturated rings. The summed E-state index contributed by atoms with van der Waals surface area (Å²) in [6.45, 7) is 6.42. The van der Waals surface area contributed by atoms with Crippen LogP contribution in [0.3, 0.4) is 0 Å². The molecule has 0 aromatic carbocycles. The molecule has 4 nitrogen and oxygen atoms in total. The summed E-state index contributed by atoms with van der Waals surface area (Å²) in [5.41, 5.74) is 1.77. The van der Waals surface area contributed by atoms with Crippen molar-refractivity contribution in [3.8, 4) is 0 Å². The van der Waals surface area contributed by atoms with Crippen LogP contribution in [0.25, 0.3) is 0 Å². The van der Waals surface area contributed by atoms with E-state index in [0.717, 1.165) is 43.9 Å². The molecule has 7 atom stereocenters. The van der Waals surface area contributed by atoms with E-state index in [4.69, 9.17) is 9.47 Å². The lowest BCUT2D eigenvalue weighted by molar-refractivity contribution is -0.168. The standard InChI is InChI=1S/C24H34O4/c1-15(25)27-17-6-10-22(2)16(14-17)4-5-18-19(22)7-11-23(3)20(18)8-12-24(23)13-9-21(26)28-24/h14,17-20H,4-13H2,1-3H3/t17-,18+,19+,20+,22-,23-,24+/m0/s1. The summed E-state index contributed by atoms with van der Waals surface area (Å²) in [6, 6.07) is 0. The molecule has 0 N–H and O–H groups in total. The lowest BCUT2D eigenvalue weighted by Gasteiger charge is -2.59. The number of esters is 2. The van der Waals surface area contributed by atoms with Crippen LogP contribution >= 0.6 is 0 Å². The highest BCUT2D eigenvalue weighted by Crippen LogP contribution is 2.69. The summed E-state index contributed by atoms with van der Waals surface area (Å²) >= 11 is 0. The molecule has 4 aliphatic carbocycles. The average molecular weight is 387 g/mol. The second-order valence-corrected chi connectivity index (χ2v) is 10.7. The van der Waals surface area contributed by atoms with Crippen molar-refractivity contribution in [3.63, 3.8) is 0 Å². The lowest BCUT2D eigenvalue weighted by atomic mass is 9.46. The predicted octanol–water partition coefficient (Wildman–Crippen LogP) is 4.96. The molecule has 0 bridgehead atoms. The second kappa shape index (κ2) is 6.09. The Balaban J connectivity index is 1.42. The van der Waals surface area contributed by atoms with E-state index in [2.05, 4.69) is 19.9 Å². The van der Waals surface area contributed by atoms with E-state index in [0.29, 0.717) is 12.3 Å². The molecule has 3 saturated carbocycles. The SMILES string of the molecule is CC(=O)O[C@@H]1C=C2CC[C@@H]3[C@@H](CC[C@@]4(C)[C@@H]3CC[C@@]43CCC(=O)O3)[C@@]2(C)CC1. The molecule has 4 heteroatoms. The molecule has 1 saturated heterocycles. The van der Waals surface area contributed by atoms with E-state index >= 15 is 0 Å². The van der Waals surface area contributed by atoms with E-state index in [1.54, 1.807) is 0 Å². The average Bonchev–Trinajstić information content (AvgIpc) is 3.16. The van der Waals surface area contributed by atoms with Crippen molar-refractivity contribution >= 4 is 11.9 Å². The topological polar surface area (TPSA) is 52.6 Å². The lowest BCUT2D eigenvalue weighted by Crippen LogP contribution is -2.54. The Labute approximate surface area is 168 Å². The maximum Gasteiger partial charge on any atom is 0.306 e. The van der Waals surface area contributed by atoms with Crippen molar-refractivity contribution in [1.82, 2.24) is 0 Å². The zero-order valence-electron chi connectivity index (χ0n) is 17.6.